The van der Waals surface area contributed by atoms with E-state index in [0.29, 0.717) is 43.7 Å². The third kappa shape index (κ3) is 5.21. The highest BCUT2D eigenvalue weighted by atomic mass is 16.5. The second kappa shape index (κ2) is 10.8. The number of hydrogen-bond donors (Lipinski definition) is 3. The van der Waals surface area contributed by atoms with Gasteiger partial charge in [-0.05, 0) is 56.3 Å². The number of benzene rings is 1. The predicted molar refractivity (Wildman–Crippen MR) is 132 cm³/mol. The summed E-state index contributed by atoms with van der Waals surface area (Å²) in [7, 11) is 1.35. The van der Waals surface area contributed by atoms with Crippen molar-refractivity contribution in [2.24, 2.45) is 5.73 Å². The zero-order valence-electron chi connectivity index (χ0n) is 20.8. The number of rotatable bonds is 7. The van der Waals surface area contributed by atoms with Crippen LogP contribution in [0.1, 0.15) is 56.2 Å². The topological polar surface area (TPSA) is 117 Å². The molecule has 1 aromatic rings. The fourth-order valence-electron chi connectivity index (χ4n) is 5.63. The maximum Gasteiger partial charge on any atom is 0.338 e. The summed E-state index contributed by atoms with van der Waals surface area (Å²) in [6.45, 7) is 5.57. The van der Waals surface area contributed by atoms with E-state index in [9.17, 15) is 14.4 Å². The van der Waals surface area contributed by atoms with E-state index in [-0.39, 0.29) is 11.9 Å². The molecule has 2 fully saturated rings. The highest BCUT2D eigenvalue weighted by molar-refractivity contribution is 5.95. The Morgan fingerprint density at radius 2 is 1.74 bits per heavy atom. The van der Waals surface area contributed by atoms with Gasteiger partial charge < -0.3 is 21.1 Å². The Morgan fingerprint density at radius 3 is 2.31 bits per heavy atom. The van der Waals surface area contributed by atoms with Gasteiger partial charge in [0.2, 0.25) is 5.91 Å². The van der Waals surface area contributed by atoms with Crippen LogP contribution in [0.3, 0.4) is 0 Å². The molecule has 3 amide bonds. The number of urea groups is 1. The van der Waals surface area contributed by atoms with Crippen molar-refractivity contribution >= 4 is 17.9 Å². The molecule has 1 atom stereocenters. The van der Waals surface area contributed by atoms with Crippen molar-refractivity contribution in [1.29, 1.82) is 0 Å². The van der Waals surface area contributed by atoms with Crippen LogP contribution in [0, 0.1) is 0 Å². The molecule has 190 valence electrons. The molecule has 3 aliphatic rings. The minimum absolute atomic E-state index is 0.251. The molecule has 2 saturated heterocycles. The first-order chi connectivity index (χ1) is 16.9. The van der Waals surface area contributed by atoms with Gasteiger partial charge in [0.15, 0.2) is 0 Å². The van der Waals surface area contributed by atoms with Crippen LogP contribution in [0.4, 0.5) is 4.79 Å². The molecule has 3 aliphatic heterocycles. The zero-order valence-corrected chi connectivity index (χ0v) is 20.8. The minimum Gasteiger partial charge on any atom is -0.466 e. The number of primary amides is 1. The molecule has 1 aromatic carbocycles. The number of nitrogens with one attached hydrogen (secondary N) is 2. The lowest BCUT2D eigenvalue weighted by Gasteiger charge is -2.48. The maximum atomic E-state index is 12.9. The lowest BCUT2D eigenvalue weighted by atomic mass is 9.83. The quantitative estimate of drug-likeness (QED) is 0.510. The predicted octanol–water partition coefficient (Wildman–Crippen LogP) is 1.84. The molecule has 0 saturated carbocycles. The average molecular weight is 484 g/mol. The second-order valence-electron chi connectivity index (χ2n) is 9.73. The van der Waals surface area contributed by atoms with Gasteiger partial charge in [-0.3, -0.25) is 14.6 Å². The summed E-state index contributed by atoms with van der Waals surface area (Å²) in [5, 5.41) is 5.72. The number of nitrogens with zero attached hydrogens (tertiary/aromatic N) is 2. The van der Waals surface area contributed by atoms with Gasteiger partial charge in [-0.25, -0.2) is 9.59 Å². The van der Waals surface area contributed by atoms with Crippen molar-refractivity contribution in [2.75, 3.05) is 39.8 Å². The van der Waals surface area contributed by atoms with Crippen LogP contribution in [-0.2, 0) is 20.7 Å². The summed E-state index contributed by atoms with van der Waals surface area (Å²) < 4.78 is 5.11. The number of esters is 1. The Balaban J connectivity index is 1.56. The van der Waals surface area contributed by atoms with Crippen LogP contribution in [-0.4, -0.2) is 73.1 Å². The van der Waals surface area contributed by atoms with E-state index in [2.05, 4.69) is 27.4 Å². The highest BCUT2D eigenvalue weighted by Gasteiger charge is 2.45. The summed E-state index contributed by atoms with van der Waals surface area (Å²) in [5.74, 6) is -0.729. The van der Waals surface area contributed by atoms with Crippen molar-refractivity contribution in [2.45, 2.75) is 57.0 Å². The summed E-state index contributed by atoms with van der Waals surface area (Å²) in [6.07, 6.45) is 5.55. The molecule has 35 heavy (non-hydrogen) atoms. The van der Waals surface area contributed by atoms with Gasteiger partial charge in [0.05, 0.1) is 18.7 Å². The summed E-state index contributed by atoms with van der Waals surface area (Å²) in [5.41, 5.74) is 8.26. The molecule has 4 N–H and O–H groups in total. The summed E-state index contributed by atoms with van der Waals surface area (Å²) >= 11 is 0. The van der Waals surface area contributed by atoms with Crippen molar-refractivity contribution in [1.82, 2.24) is 20.4 Å². The number of nitrogens with two attached hydrogens (primary N) is 1. The van der Waals surface area contributed by atoms with E-state index >= 15 is 0 Å². The molecule has 4 rings (SSSR count). The third-order valence-corrected chi connectivity index (χ3v) is 7.77. The van der Waals surface area contributed by atoms with Gasteiger partial charge in [-0.15, -0.1) is 0 Å². The number of aryl methyl sites for hydroxylation is 1. The van der Waals surface area contributed by atoms with Crippen molar-refractivity contribution in [3.8, 4) is 0 Å². The Labute approximate surface area is 207 Å². The van der Waals surface area contributed by atoms with Crippen LogP contribution in [0.15, 0.2) is 35.5 Å². The Kier molecular flexibility index (Phi) is 7.76. The second-order valence-corrected chi connectivity index (χ2v) is 9.73. The highest BCUT2D eigenvalue weighted by Crippen LogP contribution is 2.33. The molecule has 9 nitrogen and oxygen atoms in total. The zero-order chi connectivity index (χ0) is 25.0. The molecular weight excluding hydrogens is 446 g/mol. The fraction of sp³-hybridized carbons (Fsp3) is 0.577. The number of carbonyl (C=O) groups is 3. The number of methoxy groups -OCH3 is 1. The number of carbonyl (C=O) groups excluding carboxylic acids is 3. The number of ether oxygens (including phenoxy) is 1. The number of hydrogen-bond acceptors (Lipinski definition) is 6. The first-order valence-corrected chi connectivity index (χ1v) is 12.6. The smallest absolute Gasteiger partial charge is 0.338 e. The van der Waals surface area contributed by atoms with Crippen LogP contribution in [0.5, 0.6) is 0 Å². The Bertz CT molecular complexity index is 976. The van der Waals surface area contributed by atoms with Crippen molar-refractivity contribution in [3.63, 3.8) is 0 Å². The van der Waals surface area contributed by atoms with Gasteiger partial charge in [0, 0.05) is 25.3 Å². The molecule has 0 unspecified atom stereocenters. The van der Waals surface area contributed by atoms with E-state index in [0.717, 1.165) is 37.9 Å². The monoisotopic (exact) mass is 483 g/mol. The summed E-state index contributed by atoms with van der Waals surface area (Å²) in [6, 6.07) is 6.95. The van der Waals surface area contributed by atoms with E-state index in [1.807, 2.05) is 24.3 Å². The van der Waals surface area contributed by atoms with Gasteiger partial charge in [0.25, 0.3) is 0 Å². The molecule has 9 heteroatoms. The molecule has 0 aromatic heterocycles. The lowest BCUT2D eigenvalue weighted by molar-refractivity contribution is -0.136. The maximum absolute atomic E-state index is 12.9. The van der Waals surface area contributed by atoms with Crippen LogP contribution < -0.4 is 16.4 Å². The third-order valence-electron chi connectivity index (χ3n) is 7.77. The van der Waals surface area contributed by atoms with E-state index in [1.165, 1.54) is 19.1 Å². The van der Waals surface area contributed by atoms with Crippen LogP contribution >= 0.6 is 0 Å². The van der Waals surface area contributed by atoms with E-state index < -0.39 is 17.6 Å². The average Bonchev–Trinajstić information content (AvgIpc) is 2.89. The Morgan fingerprint density at radius 1 is 1.09 bits per heavy atom. The van der Waals surface area contributed by atoms with Gasteiger partial charge >= 0.3 is 12.0 Å². The van der Waals surface area contributed by atoms with Gasteiger partial charge in [-0.1, -0.05) is 37.6 Å². The first-order valence-electron chi connectivity index (χ1n) is 12.6. The van der Waals surface area contributed by atoms with Gasteiger partial charge in [-0.2, -0.15) is 0 Å². The van der Waals surface area contributed by atoms with E-state index in [1.54, 1.807) is 0 Å². The molecule has 0 radical (unpaired) electrons. The fourth-order valence-corrected chi connectivity index (χ4v) is 5.63. The van der Waals surface area contributed by atoms with Crippen LogP contribution in [0.25, 0.3) is 0 Å². The van der Waals surface area contributed by atoms with E-state index in [4.69, 9.17) is 10.5 Å². The number of amides is 3. The SMILES string of the molecule is CCc1ccc([C@@H]2NC(=O)NC(CN3CCC(C(N)=O)(N4CCCCC4)CC3)=C2C(=O)OC)cc1. The molecule has 3 heterocycles. The standard InChI is InChI=1S/C26H37N5O4/c1-3-18-7-9-19(10-8-18)22-21(23(32)35-2)20(28-25(34)29-22)17-30-15-11-26(12-16-30,24(27)33)31-13-5-4-6-14-31/h7-10,22H,3-6,11-17H2,1-2H3,(H2,27,33)(H2,28,29,34)/t22-/m0/s1. The minimum atomic E-state index is -0.614. The van der Waals surface area contributed by atoms with Gasteiger partial charge in [0.1, 0.15) is 5.54 Å². The number of likely N-dealkylation sites (tertiary alicyclic amines) is 2. The lowest BCUT2D eigenvalue weighted by Crippen LogP contribution is -2.63. The Hall–Kier alpha value is -2.91. The summed E-state index contributed by atoms with van der Waals surface area (Å²) in [4.78, 5) is 42.5. The number of piperidine rings is 2. The normalized spacial score (nSPS) is 23.4. The first kappa shape index (κ1) is 25.2. The molecular formula is C26H37N5O4. The van der Waals surface area contributed by atoms with Crippen LogP contribution in [0.2, 0.25) is 0 Å². The molecule has 0 spiro atoms. The van der Waals surface area contributed by atoms with Crippen molar-refractivity contribution in [3.05, 3.63) is 46.7 Å². The molecule has 0 aliphatic carbocycles. The van der Waals surface area contributed by atoms with Crippen molar-refractivity contribution < 1.29 is 19.1 Å². The largest absolute Gasteiger partial charge is 0.466 e. The molecule has 0 bridgehead atoms.